The molecule has 1 aliphatic heterocycles. The van der Waals surface area contributed by atoms with Crippen molar-refractivity contribution in [1.82, 2.24) is 0 Å². The molecule has 0 spiro atoms. The van der Waals surface area contributed by atoms with Gasteiger partial charge in [-0.2, -0.15) is 0 Å². The molecule has 0 bridgehead atoms. The average molecular weight is 266 g/mol. The summed E-state index contributed by atoms with van der Waals surface area (Å²) in [5, 5.41) is 1.37. The molecule has 2 rings (SSSR count). The highest BCUT2D eigenvalue weighted by molar-refractivity contribution is 6.72. The van der Waals surface area contributed by atoms with E-state index < -0.39 is 17.4 Å². The molecule has 1 aliphatic rings. The second-order valence-electron chi connectivity index (χ2n) is 5.61. The van der Waals surface area contributed by atoms with Crippen molar-refractivity contribution in [2.24, 2.45) is 0 Å². The Morgan fingerprint density at radius 1 is 1.18 bits per heavy atom. The fourth-order valence-corrected chi connectivity index (χ4v) is 5.68. The molecule has 0 N–H and O–H groups in total. The first-order valence-electron chi connectivity index (χ1n) is 6.46. The van der Waals surface area contributed by atoms with E-state index in [1.165, 1.54) is 24.1 Å². The van der Waals surface area contributed by atoms with Crippen molar-refractivity contribution >= 4 is 22.5 Å². The quantitative estimate of drug-likeness (QED) is 0.783. The smallest absolute Gasteiger partial charge is 0.242 e. The minimum atomic E-state index is -1.53. The molecule has 0 aliphatic carbocycles. The Balaban J connectivity index is 2.20. The normalized spacial score (nSPS) is 21.2. The highest BCUT2D eigenvalue weighted by atomic mass is 28.4. The van der Waals surface area contributed by atoms with Gasteiger partial charge in [-0.25, -0.2) is 0 Å². The van der Waals surface area contributed by atoms with Gasteiger partial charge in [-0.05, 0) is 38.2 Å². The highest BCUT2D eigenvalue weighted by Crippen LogP contribution is 2.18. The maximum atomic E-state index is 6.18. The van der Waals surface area contributed by atoms with Crippen LogP contribution in [-0.4, -0.2) is 24.0 Å². The molecule has 1 aromatic carbocycles. The van der Waals surface area contributed by atoms with Crippen molar-refractivity contribution in [3.05, 3.63) is 24.3 Å². The Labute approximate surface area is 107 Å². The van der Waals surface area contributed by atoms with Gasteiger partial charge in [-0.3, -0.25) is 0 Å². The zero-order valence-corrected chi connectivity index (χ0v) is 13.2. The zero-order valence-electron chi connectivity index (χ0n) is 11.0. The molecule has 1 saturated heterocycles. The summed E-state index contributed by atoms with van der Waals surface area (Å²) >= 11 is 0. The molecular weight excluding hydrogens is 244 g/mol. The van der Waals surface area contributed by atoms with Gasteiger partial charge in [0.1, 0.15) is 5.75 Å². The van der Waals surface area contributed by atoms with E-state index in [1.54, 1.807) is 0 Å². The Bertz CT molecular complexity index is 368. The summed E-state index contributed by atoms with van der Waals surface area (Å²) in [5.41, 5.74) is 0. The van der Waals surface area contributed by atoms with Crippen molar-refractivity contribution in [2.45, 2.75) is 38.5 Å². The molecule has 2 nitrogen and oxygen atoms in total. The molecule has 0 saturated carbocycles. The van der Waals surface area contributed by atoms with Gasteiger partial charge in [0.05, 0.1) is 0 Å². The van der Waals surface area contributed by atoms with Gasteiger partial charge in [0.25, 0.3) is 0 Å². The van der Waals surface area contributed by atoms with Crippen molar-refractivity contribution in [2.75, 3.05) is 6.61 Å². The molecule has 94 valence electrons. The predicted molar refractivity (Wildman–Crippen MR) is 77.2 cm³/mol. The first-order valence-corrected chi connectivity index (χ1v) is 11.7. The molecular formula is C13H22O2Si2. The van der Waals surface area contributed by atoms with Gasteiger partial charge in [-0.1, -0.05) is 24.6 Å². The fourth-order valence-electron chi connectivity index (χ4n) is 2.16. The lowest BCUT2D eigenvalue weighted by Crippen LogP contribution is -2.40. The van der Waals surface area contributed by atoms with Crippen molar-refractivity contribution in [3.8, 4) is 5.75 Å². The lowest BCUT2D eigenvalue weighted by atomic mass is 10.3. The monoisotopic (exact) mass is 266 g/mol. The van der Waals surface area contributed by atoms with E-state index >= 15 is 0 Å². The lowest BCUT2D eigenvalue weighted by Gasteiger charge is -2.26. The lowest BCUT2D eigenvalue weighted by molar-refractivity contribution is 0.294. The summed E-state index contributed by atoms with van der Waals surface area (Å²) in [4.78, 5) is 0. The molecule has 1 heterocycles. The van der Waals surface area contributed by atoms with Crippen LogP contribution in [0.15, 0.2) is 24.3 Å². The number of benzene rings is 1. The van der Waals surface area contributed by atoms with E-state index in [1.807, 2.05) is 0 Å². The number of hydrogen-bond acceptors (Lipinski definition) is 2. The van der Waals surface area contributed by atoms with Crippen LogP contribution in [0, 0.1) is 0 Å². The topological polar surface area (TPSA) is 18.5 Å². The first kappa shape index (κ1) is 12.9. The summed E-state index contributed by atoms with van der Waals surface area (Å²) in [6, 6.07) is 9.75. The van der Waals surface area contributed by atoms with Crippen LogP contribution in [0.4, 0.5) is 0 Å². The standard InChI is InChI=1S/C13H22O2Si2/c1-17(2,3)15-12-8-4-5-9-13(12)16-11-7-6-10-14-16/h4-5,8-9,16H,6-7,10-11H2,1-3H3. The van der Waals surface area contributed by atoms with Crippen LogP contribution in [0.25, 0.3) is 0 Å². The van der Waals surface area contributed by atoms with Crippen molar-refractivity contribution in [1.29, 1.82) is 0 Å². The molecule has 1 fully saturated rings. The van der Waals surface area contributed by atoms with E-state index in [0.29, 0.717) is 0 Å². The van der Waals surface area contributed by atoms with E-state index in [2.05, 4.69) is 43.9 Å². The molecule has 1 unspecified atom stereocenters. The second kappa shape index (κ2) is 5.37. The minimum absolute atomic E-state index is 0.943. The SMILES string of the molecule is C[Si](C)(C)Oc1ccccc1[SiH]1CCCCO1. The van der Waals surface area contributed by atoms with E-state index in [0.717, 1.165) is 12.4 Å². The third kappa shape index (κ3) is 3.69. The van der Waals surface area contributed by atoms with Crippen LogP contribution in [0.5, 0.6) is 5.75 Å². The minimum Gasteiger partial charge on any atom is -0.544 e. The summed E-state index contributed by atoms with van der Waals surface area (Å²) in [6.45, 7) is 7.63. The maximum Gasteiger partial charge on any atom is 0.242 e. The summed E-state index contributed by atoms with van der Waals surface area (Å²) < 4.78 is 12.2. The summed E-state index contributed by atoms with van der Waals surface area (Å²) in [7, 11) is -2.74. The molecule has 0 amide bonds. The molecule has 0 radical (unpaired) electrons. The molecule has 17 heavy (non-hydrogen) atoms. The van der Waals surface area contributed by atoms with E-state index in [4.69, 9.17) is 8.85 Å². The van der Waals surface area contributed by atoms with Gasteiger partial charge >= 0.3 is 0 Å². The Kier molecular flexibility index (Phi) is 4.06. The molecule has 4 heteroatoms. The Morgan fingerprint density at radius 3 is 2.59 bits per heavy atom. The molecule has 0 aromatic heterocycles. The summed E-state index contributed by atoms with van der Waals surface area (Å²) in [6.07, 6.45) is 2.54. The van der Waals surface area contributed by atoms with Gasteiger partial charge in [0.15, 0.2) is 0 Å². The number of hydrogen-bond donors (Lipinski definition) is 0. The van der Waals surface area contributed by atoms with Crippen LogP contribution in [0.1, 0.15) is 12.8 Å². The van der Waals surface area contributed by atoms with Gasteiger partial charge < -0.3 is 8.85 Å². The van der Waals surface area contributed by atoms with Gasteiger partial charge in [0, 0.05) is 11.8 Å². The highest BCUT2D eigenvalue weighted by Gasteiger charge is 2.24. The molecule has 1 aromatic rings. The molecule has 1 atom stereocenters. The largest absolute Gasteiger partial charge is 0.544 e. The van der Waals surface area contributed by atoms with Crippen LogP contribution in [0.3, 0.4) is 0 Å². The predicted octanol–water partition coefficient (Wildman–Crippen LogP) is 2.64. The second-order valence-corrected chi connectivity index (χ2v) is 12.5. The third-order valence-corrected chi connectivity index (χ3v) is 6.44. The van der Waals surface area contributed by atoms with E-state index in [9.17, 15) is 0 Å². The maximum absolute atomic E-state index is 6.18. The van der Waals surface area contributed by atoms with Gasteiger partial charge in [0.2, 0.25) is 17.4 Å². The van der Waals surface area contributed by atoms with Crippen molar-refractivity contribution < 1.29 is 8.85 Å². The van der Waals surface area contributed by atoms with Crippen LogP contribution in [-0.2, 0) is 4.43 Å². The number of para-hydroxylation sites is 1. The van der Waals surface area contributed by atoms with Crippen LogP contribution >= 0.6 is 0 Å². The Hall–Kier alpha value is -0.586. The van der Waals surface area contributed by atoms with Crippen LogP contribution in [0.2, 0.25) is 25.7 Å². The Morgan fingerprint density at radius 2 is 1.94 bits per heavy atom. The third-order valence-electron chi connectivity index (χ3n) is 2.86. The fraction of sp³-hybridized carbons (Fsp3) is 0.538. The number of rotatable bonds is 3. The first-order chi connectivity index (χ1) is 8.06. The average Bonchev–Trinajstić information content (AvgIpc) is 2.29. The van der Waals surface area contributed by atoms with E-state index in [-0.39, 0.29) is 0 Å². The summed E-state index contributed by atoms with van der Waals surface area (Å²) in [5.74, 6) is 1.09. The zero-order chi connectivity index (χ0) is 12.3. The van der Waals surface area contributed by atoms with Crippen molar-refractivity contribution in [3.63, 3.8) is 0 Å². The van der Waals surface area contributed by atoms with Crippen LogP contribution < -0.4 is 9.61 Å². The van der Waals surface area contributed by atoms with Gasteiger partial charge in [-0.15, -0.1) is 0 Å².